The summed E-state index contributed by atoms with van der Waals surface area (Å²) >= 11 is 0. The van der Waals surface area contributed by atoms with Crippen LogP contribution in [0.1, 0.15) is 13.3 Å². The highest BCUT2D eigenvalue weighted by Crippen LogP contribution is 2.27. The van der Waals surface area contributed by atoms with E-state index >= 15 is 0 Å². The van der Waals surface area contributed by atoms with Crippen LogP contribution in [-0.2, 0) is 0 Å². The van der Waals surface area contributed by atoms with Gasteiger partial charge in [-0.25, -0.2) is 0 Å². The van der Waals surface area contributed by atoms with Crippen LogP contribution < -0.4 is 4.74 Å². The second-order valence-electron chi connectivity index (χ2n) is 4.75. The third-order valence-corrected chi connectivity index (χ3v) is 3.27. The molecule has 3 rings (SSSR count). The van der Waals surface area contributed by atoms with Crippen molar-refractivity contribution in [2.45, 2.75) is 13.3 Å². The van der Waals surface area contributed by atoms with Crippen LogP contribution in [0.2, 0.25) is 0 Å². The summed E-state index contributed by atoms with van der Waals surface area (Å²) in [5, 5.41) is 2.39. The van der Waals surface area contributed by atoms with E-state index in [1.807, 2.05) is 36.5 Å². The maximum atomic E-state index is 5.61. The molecule has 0 unspecified atom stereocenters. The van der Waals surface area contributed by atoms with Crippen molar-refractivity contribution in [3.63, 3.8) is 0 Å². The number of aromatic nitrogens is 1. The summed E-state index contributed by atoms with van der Waals surface area (Å²) in [4.78, 5) is 4.53. The van der Waals surface area contributed by atoms with E-state index in [0.29, 0.717) is 0 Å². The quantitative estimate of drug-likeness (QED) is 0.681. The zero-order valence-corrected chi connectivity index (χ0v) is 11.5. The molecule has 100 valence electrons. The van der Waals surface area contributed by atoms with Crippen LogP contribution in [0.25, 0.3) is 22.0 Å². The summed E-state index contributed by atoms with van der Waals surface area (Å²) in [7, 11) is 0. The largest absolute Gasteiger partial charge is 0.494 e. The molecule has 1 heterocycles. The second kappa shape index (κ2) is 5.74. The molecule has 0 radical (unpaired) electrons. The highest BCUT2D eigenvalue weighted by Gasteiger charge is 2.05. The first kappa shape index (κ1) is 12.7. The van der Waals surface area contributed by atoms with Crippen molar-refractivity contribution >= 4 is 10.8 Å². The number of nitrogens with zero attached hydrogens (tertiary/aromatic N) is 1. The molecule has 3 aromatic rings. The SMILES string of the molecule is CCCOc1ccc(-c2nccc3ccccc23)cc1. The third kappa shape index (κ3) is 2.50. The molecule has 0 amide bonds. The number of ether oxygens (including phenoxy) is 1. The molecular weight excluding hydrogens is 246 g/mol. The first-order valence-corrected chi connectivity index (χ1v) is 6.95. The van der Waals surface area contributed by atoms with Crippen LogP contribution in [0.15, 0.2) is 60.8 Å². The fourth-order valence-corrected chi connectivity index (χ4v) is 2.28. The van der Waals surface area contributed by atoms with Crippen LogP contribution in [0.3, 0.4) is 0 Å². The van der Waals surface area contributed by atoms with Gasteiger partial charge in [-0.3, -0.25) is 4.98 Å². The smallest absolute Gasteiger partial charge is 0.119 e. The monoisotopic (exact) mass is 263 g/mol. The van der Waals surface area contributed by atoms with E-state index in [-0.39, 0.29) is 0 Å². The van der Waals surface area contributed by atoms with E-state index in [1.165, 1.54) is 10.8 Å². The highest BCUT2D eigenvalue weighted by atomic mass is 16.5. The molecular formula is C18H17NO. The molecule has 0 N–H and O–H groups in total. The van der Waals surface area contributed by atoms with Crippen molar-refractivity contribution < 1.29 is 4.74 Å². The zero-order chi connectivity index (χ0) is 13.8. The maximum absolute atomic E-state index is 5.61. The summed E-state index contributed by atoms with van der Waals surface area (Å²) in [6.45, 7) is 2.86. The van der Waals surface area contributed by atoms with Gasteiger partial charge in [0.25, 0.3) is 0 Å². The molecule has 0 saturated heterocycles. The zero-order valence-electron chi connectivity index (χ0n) is 11.5. The fourth-order valence-electron chi connectivity index (χ4n) is 2.28. The lowest BCUT2D eigenvalue weighted by Crippen LogP contribution is -1.94. The van der Waals surface area contributed by atoms with Crippen LogP contribution in [0.4, 0.5) is 0 Å². The van der Waals surface area contributed by atoms with E-state index in [9.17, 15) is 0 Å². The molecule has 20 heavy (non-hydrogen) atoms. The summed E-state index contributed by atoms with van der Waals surface area (Å²) in [5.41, 5.74) is 2.13. The molecule has 1 aromatic heterocycles. The average molecular weight is 263 g/mol. The molecule has 2 heteroatoms. The van der Waals surface area contributed by atoms with Crippen molar-refractivity contribution in [2.75, 3.05) is 6.61 Å². The molecule has 0 aliphatic heterocycles. The Labute approximate surface area is 119 Å². The number of pyridine rings is 1. The maximum Gasteiger partial charge on any atom is 0.119 e. The lowest BCUT2D eigenvalue weighted by atomic mass is 10.0. The minimum absolute atomic E-state index is 0.756. The first-order chi connectivity index (χ1) is 9.88. The van der Waals surface area contributed by atoms with Gasteiger partial charge in [-0.2, -0.15) is 0 Å². The Bertz CT molecular complexity index is 699. The Balaban J connectivity index is 1.98. The molecule has 0 saturated carbocycles. The number of fused-ring (bicyclic) bond motifs is 1. The van der Waals surface area contributed by atoms with Gasteiger partial charge in [0, 0.05) is 17.1 Å². The van der Waals surface area contributed by atoms with Crippen molar-refractivity contribution in [2.24, 2.45) is 0 Å². The summed E-state index contributed by atoms with van der Waals surface area (Å²) in [6.07, 6.45) is 2.88. The Morgan fingerprint density at radius 3 is 2.55 bits per heavy atom. The van der Waals surface area contributed by atoms with E-state index in [2.05, 4.69) is 36.2 Å². The standard InChI is InChI=1S/C18H17NO/c1-2-13-20-16-9-7-15(8-10-16)18-17-6-4-3-5-14(17)11-12-19-18/h3-12H,2,13H2,1H3. The normalized spacial score (nSPS) is 10.7. The number of rotatable bonds is 4. The molecule has 2 nitrogen and oxygen atoms in total. The van der Waals surface area contributed by atoms with E-state index in [1.54, 1.807) is 0 Å². The molecule has 0 fully saturated rings. The Morgan fingerprint density at radius 1 is 0.950 bits per heavy atom. The van der Waals surface area contributed by atoms with Gasteiger partial charge in [-0.15, -0.1) is 0 Å². The summed E-state index contributed by atoms with van der Waals surface area (Å²) in [6, 6.07) is 18.5. The molecule has 0 aliphatic carbocycles. The summed E-state index contributed by atoms with van der Waals surface area (Å²) in [5.74, 6) is 0.913. The van der Waals surface area contributed by atoms with E-state index < -0.39 is 0 Å². The van der Waals surface area contributed by atoms with Crippen molar-refractivity contribution in [1.29, 1.82) is 0 Å². The van der Waals surface area contributed by atoms with Gasteiger partial charge in [0.1, 0.15) is 5.75 Å². The predicted molar refractivity (Wildman–Crippen MR) is 83.0 cm³/mol. The first-order valence-electron chi connectivity index (χ1n) is 6.95. The van der Waals surface area contributed by atoms with Crippen molar-refractivity contribution in [3.05, 3.63) is 60.8 Å². The van der Waals surface area contributed by atoms with Gasteiger partial charge in [0.05, 0.1) is 12.3 Å². The lowest BCUT2D eigenvalue weighted by molar-refractivity contribution is 0.317. The predicted octanol–water partition coefficient (Wildman–Crippen LogP) is 4.69. The minimum atomic E-state index is 0.756. The lowest BCUT2D eigenvalue weighted by Gasteiger charge is -2.08. The number of hydrogen-bond acceptors (Lipinski definition) is 2. The van der Waals surface area contributed by atoms with E-state index in [0.717, 1.165) is 30.0 Å². The Kier molecular flexibility index (Phi) is 3.64. The number of benzene rings is 2. The fraction of sp³-hybridized carbons (Fsp3) is 0.167. The van der Waals surface area contributed by atoms with Crippen LogP contribution in [0, 0.1) is 0 Å². The van der Waals surface area contributed by atoms with Gasteiger partial charge >= 0.3 is 0 Å². The molecule has 0 spiro atoms. The van der Waals surface area contributed by atoms with Crippen LogP contribution in [-0.4, -0.2) is 11.6 Å². The topological polar surface area (TPSA) is 22.1 Å². The van der Waals surface area contributed by atoms with Gasteiger partial charge in [0.15, 0.2) is 0 Å². The van der Waals surface area contributed by atoms with Crippen LogP contribution >= 0.6 is 0 Å². The van der Waals surface area contributed by atoms with E-state index in [4.69, 9.17) is 4.74 Å². The second-order valence-corrected chi connectivity index (χ2v) is 4.75. The molecule has 0 bridgehead atoms. The molecule has 2 aromatic carbocycles. The van der Waals surface area contributed by atoms with Crippen molar-refractivity contribution in [3.8, 4) is 17.0 Å². The van der Waals surface area contributed by atoms with Crippen molar-refractivity contribution in [1.82, 2.24) is 4.98 Å². The number of hydrogen-bond donors (Lipinski definition) is 0. The van der Waals surface area contributed by atoms with Gasteiger partial charge in [0.2, 0.25) is 0 Å². The minimum Gasteiger partial charge on any atom is -0.494 e. The average Bonchev–Trinajstić information content (AvgIpc) is 2.53. The van der Waals surface area contributed by atoms with Crippen LogP contribution in [0.5, 0.6) is 5.75 Å². The summed E-state index contributed by atoms with van der Waals surface area (Å²) < 4.78 is 5.61. The van der Waals surface area contributed by atoms with Gasteiger partial charge in [-0.05, 0) is 42.1 Å². The molecule has 0 atom stereocenters. The third-order valence-electron chi connectivity index (χ3n) is 3.27. The Hall–Kier alpha value is -2.35. The Morgan fingerprint density at radius 2 is 1.75 bits per heavy atom. The van der Waals surface area contributed by atoms with Gasteiger partial charge in [-0.1, -0.05) is 31.2 Å². The molecule has 0 aliphatic rings. The van der Waals surface area contributed by atoms with Gasteiger partial charge < -0.3 is 4.74 Å². The highest BCUT2D eigenvalue weighted by molar-refractivity contribution is 5.94.